The van der Waals surface area contributed by atoms with Gasteiger partial charge in [0.1, 0.15) is 5.82 Å². The molecule has 2 amide bonds. The van der Waals surface area contributed by atoms with E-state index in [1.165, 1.54) is 34.4 Å². The lowest BCUT2D eigenvalue weighted by Gasteiger charge is -2.38. The fourth-order valence-electron chi connectivity index (χ4n) is 4.63. The van der Waals surface area contributed by atoms with Gasteiger partial charge < -0.3 is 10.2 Å². The number of piperazine rings is 1. The summed E-state index contributed by atoms with van der Waals surface area (Å²) in [4.78, 5) is 17.0. The van der Waals surface area contributed by atoms with Crippen LogP contribution in [0.15, 0.2) is 66.7 Å². The van der Waals surface area contributed by atoms with Gasteiger partial charge in [-0.1, -0.05) is 54.6 Å². The van der Waals surface area contributed by atoms with E-state index in [2.05, 4.69) is 58.7 Å². The molecule has 0 atom stereocenters. The van der Waals surface area contributed by atoms with Gasteiger partial charge in [0.25, 0.3) is 0 Å². The first kappa shape index (κ1) is 18.8. The molecule has 0 radical (unpaired) electrons. The molecule has 0 saturated carbocycles. The summed E-state index contributed by atoms with van der Waals surface area (Å²) in [6.45, 7) is 4.73. The molecule has 1 aliphatic heterocycles. The Bertz CT molecular complexity index is 1060. The molecular weight excluding hydrogens is 377 g/mol. The number of anilines is 1. The van der Waals surface area contributed by atoms with Crippen molar-refractivity contribution in [3.63, 3.8) is 0 Å². The quantitative estimate of drug-likeness (QED) is 0.652. The van der Waals surface area contributed by atoms with Gasteiger partial charge in [-0.05, 0) is 46.9 Å². The van der Waals surface area contributed by atoms with E-state index in [-0.39, 0.29) is 17.9 Å². The molecule has 3 aromatic rings. The summed E-state index contributed by atoms with van der Waals surface area (Å²) < 4.78 is 13.5. The number of carbonyl (C=O) groups is 1. The van der Waals surface area contributed by atoms with Crippen molar-refractivity contribution in [1.29, 1.82) is 0 Å². The molecule has 0 spiro atoms. The number of urea groups is 1. The maximum absolute atomic E-state index is 13.5. The van der Waals surface area contributed by atoms with E-state index in [9.17, 15) is 9.18 Å². The summed E-state index contributed by atoms with van der Waals surface area (Å²) in [6.07, 6.45) is 0. The molecule has 1 fully saturated rings. The maximum Gasteiger partial charge on any atom is 0.321 e. The molecule has 1 heterocycles. The Morgan fingerprint density at radius 3 is 2.13 bits per heavy atom. The van der Waals surface area contributed by atoms with Crippen LogP contribution in [0.4, 0.5) is 14.9 Å². The summed E-state index contributed by atoms with van der Waals surface area (Å²) >= 11 is 0. The minimum atomic E-state index is -0.348. The molecule has 0 aromatic heterocycles. The van der Waals surface area contributed by atoms with Crippen LogP contribution in [0.5, 0.6) is 0 Å². The molecule has 1 saturated heterocycles. The average Bonchev–Trinajstić information content (AvgIpc) is 3.11. The Balaban J connectivity index is 1.31. The first-order valence-corrected chi connectivity index (χ1v) is 10.4. The first-order valence-electron chi connectivity index (χ1n) is 10.4. The van der Waals surface area contributed by atoms with E-state index in [0.717, 1.165) is 18.7 Å². The zero-order valence-electron chi connectivity index (χ0n) is 16.9. The Morgan fingerprint density at radius 2 is 1.50 bits per heavy atom. The van der Waals surface area contributed by atoms with E-state index in [0.29, 0.717) is 18.8 Å². The molecule has 1 N–H and O–H groups in total. The molecule has 5 rings (SSSR count). The number of aryl methyl sites for hydroxylation is 1. The van der Waals surface area contributed by atoms with Gasteiger partial charge >= 0.3 is 6.03 Å². The molecule has 30 heavy (non-hydrogen) atoms. The van der Waals surface area contributed by atoms with Gasteiger partial charge in [-0.2, -0.15) is 0 Å². The topological polar surface area (TPSA) is 35.6 Å². The molecule has 0 unspecified atom stereocenters. The molecule has 0 bridgehead atoms. The van der Waals surface area contributed by atoms with Crippen LogP contribution in [0.2, 0.25) is 0 Å². The van der Waals surface area contributed by atoms with Crippen molar-refractivity contribution in [2.24, 2.45) is 0 Å². The van der Waals surface area contributed by atoms with Crippen molar-refractivity contribution in [2.75, 3.05) is 31.5 Å². The molecule has 5 heteroatoms. The van der Waals surface area contributed by atoms with E-state index in [1.807, 2.05) is 11.8 Å². The summed E-state index contributed by atoms with van der Waals surface area (Å²) in [7, 11) is 0. The van der Waals surface area contributed by atoms with Crippen LogP contribution in [-0.2, 0) is 0 Å². The fraction of sp³-hybridized carbons (Fsp3) is 0.240. The number of nitrogens with zero attached hydrogens (tertiary/aromatic N) is 2. The van der Waals surface area contributed by atoms with Gasteiger partial charge in [0.15, 0.2) is 0 Å². The molecule has 2 aliphatic rings. The standard InChI is InChI=1S/C25H24FN3O/c1-17-10-11-18(26)16-23(17)27-25(30)29-14-12-28(13-15-29)24-21-8-4-2-6-19(21)20-7-3-5-9-22(20)24/h2-11,16,24H,12-15H2,1H3,(H,27,30). The third kappa shape index (κ3) is 3.25. The molecule has 4 nitrogen and oxygen atoms in total. The third-order valence-corrected chi connectivity index (χ3v) is 6.21. The van der Waals surface area contributed by atoms with E-state index in [1.54, 1.807) is 6.07 Å². The first-order chi connectivity index (χ1) is 14.6. The number of halogens is 1. The smallest absolute Gasteiger partial charge is 0.321 e. The predicted molar refractivity (Wildman–Crippen MR) is 117 cm³/mol. The second-order valence-corrected chi connectivity index (χ2v) is 7.99. The lowest BCUT2D eigenvalue weighted by Crippen LogP contribution is -2.50. The second kappa shape index (κ2) is 7.58. The largest absolute Gasteiger partial charge is 0.322 e. The highest BCUT2D eigenvalue weighted by Crippen LogP contribution is 2.46. The number of carbonyl (C=O) groups excluding carboxylic acids is 1. The molecule has 152 valence electrons. The zero-order chi connectivity index (χ0) is 20.7. The molecule has 1 aliphatic carbocycles. The summed E-state index contributed by atoms with van der Waals surface area (Å²) in [5.41, 5.74) is 6.67. The third-order valence-electron chi connectivity index (χ3n) is 6.21. The van der Waals surface area contributed by atoms with Crippen LogP contribution < -0.4 is 5.32 Å². The van der Waals surface area contributed by atoms with Crippen LogP contribution in [-0.4, -0.2) is 42.0 Å². The number of nitrogens with one attached hydrogen (secondary N) is 1. The monoisotopic (exact) mass is 401 g/mol. The number of hydrogen-bond acceptors (Lipinski definition) is 2. The summed E-state index contributed by atoms with van der Waals surface area (Å²) in [6, 6.07) is 21.7. The maximum atomic E-state index is 13.5. The normalized spacial score (nSPS) is 16.3. The zero-order valence-corrected chi connectivity index (χ0v) is 16.9. The van der Waals surface area contributed by atoms with Gasteiger partial charge in [-0.25, -0.2) is 9.18 Å². The van der Waals surface area contributed by atoms with Crippen LogP contribution in [0.25, 0.3) is 11.1 Å². The Kier molecular flexibility index (Phi) is 4.75. The Morgan fingerprint density at radius 1 is 0.900 bits per heavy atom. The van der Waals surface area contributed by atoms with Crippen molar-refractivity contribution in [3.05, 3.63) is 89.2 Å². The predicted octanol–water partition coefficient (Wildman–Crippen LogP) is 5.05. The van der Waals surface area contributed by atoms with Gasteiger partial charge in [0.2, 0.25) is 0 Å². The van der Waals surface area contributed by atoms with Crippen LogP contribution in [0, 0.1) is 12.7 Å². The lowest BCUT2D eigenvalue weighted by molar-refractivity contribution is 0.128. The van der Waals surface area contributed by atoms with E-state index >= 15 is 0 Å². The molecule has 3 aromatic carbocycles. The van der Waals surface area contributed by atoms with Crippen molar-refractivity contribution in [3.8, 4) is 11.1 Å². The summed E-state index contributed by atoms with van der Waals surface area (Å²) in [5.74, 6) is -0.348. The van der Waals surface area contributed by atoms with Crippen LogP contribution in [0.3, 0.4) is 0 Å². The Hall–Kier alpha value is -3.18. The van der Waals surface area contributed by atoms with Crippen molar-refractivity contribution >= 4 is 11.7 Å². The number of fused-ring (bicyclic) bond motifs is 3. The van der Waals surface area contributed by atoms with Gasteiger partial charge in [0.05, 0.1) is 6.04 Å². The summed E-state index contributed by atoms with van der Waals surface area (Å²) in [5, 5.41) is 2.86. The van der Waals surface area contributed by atoms with Crippen molar-refractivity contribution in [2.45, 2.75) is 13.0 Å². The van der Waals surface area contributed by atoms with E-state index in [4.69, 9.17) is 0 Å². The average molecular weight is 401 g/mol. The lowest BCUT2D eigenvalue weighted by atomic mass is 10.0. The minimum Gasteiger partial charge on any atom is -0.322 e. The number of rotatable bonds is 2. The Labute approximate surface area is 175 Å². The van der Waals surface area contributed by atoms with Crippen LogP contribution in [0.1, 0.15) is 22.7 Å². The second-order valence-electron chi connectivity index (χ2n) is 7.99. The van der Waals surface area contributed by atoms with Gasteiger partial charge in [0, 0.05) is 31.9 Å². The number of benzene rings is 3. The van der Waals surface area contributed by atoms with Crippen LogP contribution >= 0.6 is 0 Å². The highest BCUT2D eigenvalue weighted by Gasteiger charge is 2.34. The van der Waals surface area contributed by atoms with Gasteiger partial charge in [-0.3, -0.25) is 4.90 Å². The van der Waals surface area contributed by atoms with Crippen molar-refractivity contribution in [1.82, 2.24) is 9.80 Å². The number of hydrogen-bond donors (Lipinski definition) is 1. The highest BCUT2D eigenvalue weighted by molar-refractivity contribution is 5.90. The minimum absolute atomic E-state index is 0.171. The fourth-order valence-corrected chi connectivity index (χ4v) is 4.63. The highest BCUT2D eigenvalue weighted by atomic mass is 19.1. The number of amides is 2. The molecular formula is C25H24FN3O. The van der Waals surface area contributed by atoms with E-state index < -0.39 is 0 Å². The van der Waals surface area contributed by atoms with Crippen molar-refractivity contribution < 1.29 is 9.18 Å². The SMILES string of the molecule is Cc1ccc(F)cc1NC(=O)N1CCN(C2c3ccccc3-c3ccccc32)CC1. The van der Waals surface area contributed by atoms with Gasteiger partial charge in [-0.15, -0.1) is 0 Å².